The summed E-state index contributed by atoms with van der Waals surface area (Å²) in [4.78, 5) is 98.4. The van der Waals surface area contributed by atoms with Gasteiger partial charge in [0.25, 0.3) is 15.6 Å². The van der Waals surface area contributed by atoms with Crippen LogP contribution < -0.4 is 35.9 Å². The summed E-state index contributed by atoms with van der Waals surface area (Å²) in [7, 11) is -17.7. The highest BCUT2D eigenvalue weighted by Gasteiger charge is 2.59. The Labute approximate surface area is 452 Å². The second-order valence-electron chi connectivity index (χ2n) is 22.8. The first-order valence-corrected chi connectivity index (χ1v) is 31.7. The number of carbonyl (C=O) groups is 3. The number of phosphoric ester groups is 3. The van der Waals surface area contributed by atoms with Crippen LogP contribution in [0.1, 0.15) is 125 Å². The summed E-state index contributed by atoms with van der Waals surface area (Å²) < 4.78 is 61.2. The highest BCUT2D eigenvalue weighted by atomic mass is 32.2. The molecule has 4 aliphatic carbocycles. The van der Waals surface area contributed by atoms with Crippen molar-refractivity contribution in [3.05, 3.63) is 24.3 Å². The molecule has 16 atom stereocenters. The van der Waals surface area contributed by atoms with Crippen LogP contribution in [-0.4, -0.2) is 114 Å². The van der Waals surface area contributed by atoms with Crippen molar-refractivity contribution in [3.8, 4) is 0 Å². The van der Waals surface area contributed by atoms with Gasteiger partial charge in [0.1, 0.15) is 36.3 Å². The van der Waals surface area contributed by atoms with Gasteiger partial charge in [-0.2, -0.15) is 0 Å². The van der Waals surface area contributed by atoms with E-state index in [1.54, 1.807) is 0 Å². The third-order valence-corrected chi connectivity index (χ3v) is 21.4. The molecule has 77 heavy (non-hydrogen) atoms. The Bertz CT molecular complexity index is 2630. The van der Waals surface area contributed by atoms with E-state index in [4.69, 9.17) is 10.5 Å². The fourth-order valence-electron chi connectivity index (χ4n) is 13.1. The number of amides is 2. The molecule has 5 aliphatic rings. The highest BCUT2D eigenvalue weighted by Crippen LogP contribution is 2.67. The van der Waals surface area contributed by atoms with E-state index in [9.17, 15) is 63.0 Å². The minimum Gasteiger partial charge on any atom is -0.790 e. The zero-order valence-electron chi connectivity index (χ0n) is 44.3. The number of carbonyl (C=O) groups excluding carboxylic acids is 3. The number of rotatable bonds is 25. The number of hydrogen-bond donors (Lipinski definition) is 6. The Hall–Kier alpha value is -2.74. The van der Waals surface area contributed by atoms with Crippen LogP contribution >= 0.6 is 35.2 Å². The second kappa shape index (κ2) is 24.8. The zero-order valence-corrected chi connectivity index (χ0v) is 47.8. The summed E-state index contributed by atoms with van der Waals surface area (Å²) in [5.74, 6) is 2.13. The van der Waals surface area contributed by atoms with E-state index in [0.29, 0.717) is 28.9 Å². The molecule has 1 aliphatic heterocycles. The molecule has 25 nitrogen and oxygen atoms in total. The number of nitrogens with zero attached hydrogens (tertiary/aromatic N) is 4. The first-order chi connectivity index (χ1) is 35.9. The molecule has 0 radical (unpaired) electrons. The number of nitrogens with two attached hydrogens (primary N) is 1. The van der Waals surface area contributed by atoms with Crippen LogP contribution in [0.5, 0.6) is 0 Å². The van der Waals surface area contributed by atoms with Crippen LogP contribution in [0.2, 0.25) is 0 Å². The number of ether oxygens (including phenoxy) is 1. The minimum atomic E-state index is -5.93. The lowest BCUT2D eigenvalue weighted by molar-refractivity contribution is -0.347. The van der Waals surface area contributed by atoms with Crippen LogP contribution in [0, 0.1) is 51.8 Å². The van der Waals surface area contributed by atoms with Gasteiger partial charge in [-0.05, 0) is 98.2 Å². The highest BCUT2D eigenvalue weighted by molar-refractivity contribution is 8.13. The number of aliphatic hydroxyl groups is 3. The van der Waals surface area contributed by atoms with E-state index in [-0.39, 0.29) is 59.0 Å². The Morgan fingerprint density at radius 1 is 0.974 bits per heavy atom. The second-order valence-corrected chi connectivity index (χ2v) is 28.0. The van der Waals surface area contributed by atoms with Gasteiger partial charge in [-0.15, -0.1) is 0 Å². The van der Waals surface area contributed by atoms with Crippen LogP contribution in [0.15, 0.2) is 24.3 Å². The first-order valence-electron chi connectivity index (χ1n) is 26.3. The van der Waals surface area contributed by atoms with E-state index >= 15 is 0 Å². The van der Waals surface area contributed by atoms with Crippen molar-refractivity contribution in [2.24, 2.45) is 51.8 Å². The number of fused-ring (bicyclic) bond motifs is 6. The number of nitrogen functional groups attached to an aromatic ring is 1. The maximum absolute atomic E-state index is 13.0. The number of aromatic nitrogens is 4. The molecule has 7 rings (SSSR count). The summed E-state index contributed by atoms with van der Waals surface area (Å²) in [6.07, 6.45) is 6.64. The van der Waals surface area contributed by atoms with Crippen molar-refractivity contribution in [3.63, 3.8) is 0 Å². The van der Waals surface area contributed by atoms with Crippen molar-refractivity contribution in [1.82, 2.24) is 30.2 Å². The van der Waals surface area contributed by atoms with Gasteiger partial charge in [-0.3, -0.25) is 28.1 Å². The molecule has 0 aromatic carbocycles. The number of phosphoric acid groups is 3. The summed E-state index contributed by atoms with van der Waals surface area (Å²) >= 11 is 1.16. The standard InChI is InChI=1S/C48H78N7O18P3S/c1-27(32-12-13-33-31-11-10-29-22-30(56)14-17-47(29,5)34(31)15-18-48(32,33)6)8-7-9-28(2)45(61)77-21-20-50-36(57)16-19-51-43(60)40(59)46(3,4)24-70-76(67,68)73-75(65,66)69-23-35-39(72-74(62,63)64)38(58)44(71-35)55-26-54-37-41(49)52-25-53-42(37)55/h10,25-28,30-35,38-40,44,56,58-59H,7-9,11-24H2,1-6H3,(H,50,57)(H,51,60)(H,65,66)(H,67,68)(H2,49,52,53)(H2,62,63,64)/p-4/t27-,28+,30+,31+,32-,33+,34+,35-,38-,39-,40+,44-,47+,48-/m1/s1. The molecule has 29 heteroatoms. The van der Waals surface area contributed by atoms with E-state index in [1.165, 1.54) is 45.1 Å². The predicted molar refractivity (Wildman–Crippen MR) is 272 cm³/mol. The summed E-state index contributed by atoms with van der Waals surface area (Å²) in [6.45, 7) is 9.53. The largest absolute Gasteiger partial charge is 0.790 e. The van der Waals surface area contributed by atoms with Crippen LogP contribution in [0.25, 0.3) is 11.2 Å². The maximum atomic E-state index is 13.0. The minimum absolute atomic E-state index is 0.0198. The molecule has 3 saturated carbocycles. The van der Waals surface area contributed by atoms with Crippen molar-refractivity contribution < 1.29 is 85.6 Å². The molecule has 7 N–H and O–H groups in total. The van der Waals surface area contributed by atoms with Gasteiger partial charge in [0.2, 0.25) is 11.8 Å². The third-order valence-electron chi connectivity index (χ3n) is 17.3. The van der Waals surface area contributed by atoms with Crippen LogP contribution in [-0.2, 0) is 50.7 Å². The Balaban J connectivity index is 0.762. The number of imidazole rings is 1. The molecule has 2 unspecified atom stereocenters. The number of aliphatic hydroxyl groups excluding tert-OH is 3. The van der Waals surface area contributed by atoms with Crippen molar-refractivity contribution in [2.75, 3.05) is 37.8 Å². The summed E-state index contributed by atoms with van der Waals surface area (Å²) in [5.41, 5.74) is 6.17. The topological polar surface area (TPSA) is 395 Å². The average Bonchev–Trinajstić information content (AvgIpc) is 4.04. The Morgan fingerprint density at radius 3 is 2.43 bits per heavy atom. The lowest BCUT2D eigenvalue weighted by Gasteiger charge is -2.58. The Morgan fingerprint density at radius 2 is 1.70 bits per heavy atom. The van der Waals surface area contributed by atoms with Gasteiger partial charge < -0.3 is 74.1 Å². The summed E-state index contributed by atoms with van der Waals surface area (Å²) in [5, 5.41) is 37.1. The lowest BCUT2D eigenvalue weighted by Crippen LogP contribution is -2.50. The van der Waals surface area contributed by atoms with Gasteiger partial charge >= 0.3 is 0 Å². The van der Waals surface area contributed by atoms with Crippen molar-refractivity contribution in [2.45, 2.75) is 155 Å². The summed E-state index contributed by atoms with van der Waals surface area (Å²) in [6, 6.07) is 0. The van der Waals surface area contributed by atoms with Gasteiger partial charge in [-0.25, -0.2) is 19.3 Å². The normalized spacial score (nSPS) is 32.2. The SMILES string of the molecule is C[C@H](CCC[C@H](C)C(=O)SCCNC(=O)CCNC(=O)[C@H](O)C(C)(C)COP(=O)([O-])OP(=O)([O-])OC[C@H]1O[C@@H](n2cnc3c(N)ncnc32)[C@H](O)[C@@H]1OP(=O)([O-])[O-])[C@H]1CC[C@H]2[C@@H]3CC=C4C[C@@H](O)CC[C@]4(C)[C@H]3CC[C@]12C. The molecule has 1 saturated heterocycles. The maximum Gasteiger partial charge on any atom is 0.274 e. The van der Waals surface area contributed by atoms with Gasteiger partial charge in [0, 0.05) is 36.6 Å². The molecular formula is C48H74N7O18P3S-4. The van der Waals surface area contributed by atoms with E-state index in [2.05, 4.69) is 70.3 Å². The third kappa shape index (κ3) is 14.7. The van der Waals surface area contributed by atoms with E-state index in [1.807, 2.05) is 6.92 Å². The molecule has 434 valence electrons. The number of anilines is 1. The fourth-order valence-corrected chi connectivity index (χ4v) is 16.6. The predicted octanol–water partition coefficient (Wildman–Crippen LogP) is 2.52. The van der Waals surface area contributed by atoms with Crippen LogP contribution in [0.4, 0.5) is 5.82 Å². The van der Waals surface area contributed by atoms with E-state index in [0.717, 1.165) is 85.8 Å². The fraction of sp³-hybridized carbons (Fsp3) is 0.792. The quantitative estimate of drug-likeness (QED) is 0.0472. The number of thioether (sulfide) groups is 1. The zero-order chi connectivity index (χ0) is 56.5. The monoisotopic (exact) mass is 1160 g/mol. The molecule has 2 aromatic rings. The molecule has 2 aromatic heterocycles. The van der Waals surface area contributed by atoms with Gasteiger partial charge in [0.15, 0.2) is 22.8 Å². The van der Waals surface area contributed by atoms with E-state index < -0.39 is 84.6 Å². The van der Waals surface area contributed by atoms with Crippen molar-refractivity contribution >= 4 is 69.1 Å². The number of allylic oxidation sites excluding steroid dienone is 1. The Kier molecular flexibility index (Phi) is 19.9. The van der Waals surface area contributed by atoms with Gasteiger partial charge in [0.05, 0.1) is 33.5 Å². The molecule has 0 spiro atoms. The van der Waals surface area contributed by atoms with Crippen molar-refractivity contribution in [1.29, 1.82) is 0 Å². The number of nitrogens with one attached hydrogen (secondary N) is 2. The molecule has 2 amide bonds. The molecule has 0 bridgehead atoms. The molecule has 4 fully saturated rings. The number of hydrogen-bond acceptors (Lipinski definition) is 23. The average molecular weight is 1160 g/mol. The lowest BCUT2D eigenvalue weighted by atomic mass is 9.47. The smallest absolute Gasteiger partial charge is 0.274 e. The molecule has 3 heterocycles. The molecular weight excluding hydrogens is 1090 g/mol. The first kappa shape index (κ1) is 61.9. The van der Waals surface area contributed by atoms with Crippen LogP contribution in [0.3, 0.4) is 0 Å². The van der Waals surface area contributed by atoms with Gasteiger partial charge in [-0.1, -0.05) is 77.8 Å².